The normalized spacial score (nSPS) is 23.8. The topological polar surface area (TPSA) is 49.6 Å². The molecule has 1 aliphatic carbocycles. The molecular formula is C19H24N4O. The van der Waals surface area contributed by atoms with E-state index < -0.39 is 0 Å². The first-order chi connectivity index (χ1) is 11.7. The minimum atomic E-state index is 0.0423. The number of allylic oxidation sites excluding steroid dienone is 2. The molecule has 3 heterocycles. The minimum Gasteiger partial charge on any atom is -0.332 e. The number of amides is 2. The third kappa shape index (κ3) is 3.03. The first-order valence-electron chi connectivity index (χ1n) is 8.85. The van der Waals surface area contributed by atoms with E-state index in [1.807, 2.05) is 39.9 Å². The van der Waals surface area contributed by atoms with Crippen molar-refractivity contribution in [3.05, 3.63) is 48.4 Å². The molecule has 5 heteroatoms. The highest BCUT2D eigenvalue weighted by atomic mass is 16.2. The molecule has 0 bridgehead atoms. The van der Waals surface area contributed by atoms with Gasteiger partial charge < -0.3 is 14.6 Å². The molecule has 1 atom stereocenters. The van der Waals surface area contributed by atoms with Crippen LogP contribution in [0.5, 0.6) is 0 Å². The number of rotatable bonds is 2. The van der Waals surface area contributed by atoms with E-state index in [0.717, 1.165) is 43.7 Å². The summed E-state index contributed by atoms with van der Waals surface area (Å²) in [6.45, 7) is 2.22. The van der Waals surface area contributed by atoms with Crippen LogP contribution in [0.15, 0.2) is 42.7 Å². The highest BCUT2D eigenvalue weighted by molar-refractivity contribution is 5.74. The van der Waals surface area contributed by atoms with Crippen LogP contribution in [0.1, 0.15) is 37.8 Å². The van der Waals surface area contributed by atoms with Gasteiger partial charge in [0.2, 0.25) is 0 Å². The second kappa shape index (κ2) is 6.30. The number of nitrogens with zero attached hydrogens (tertiary/aromatic N) is 3. The van der Waals surface area contributed by atoms with Crippen molar-refractivity contribution in [3.8, 4) is 0 Å². The molecule has 2 aromatic rings. The van der Waals surface area contributed by atoms with E-state index in [1.165, 1.54) is 12.8 Å². The van der Waals surface area contributed by atoms with Crippen LogP contribution in [0, 0.1) is 5.41 Å². The van der Waals surface area contributed by atoms with E-state index >= 15 is 0 Å². The molecule has 0 saturated carbocycles. The van der Waals surface area contributed by atoms with Gasteiger partial charge >= 0.3 is 6.03 Å². The van der Waals surface area contributed by atoms with Crippen molar-refractivity contribution >= 4 is 11.7 Å². The smallest absolute Gasteiger partial charge is 0.317 e. The molecular weight excluding hydrogens is 300 g/mol. The first-order valence-corrected chi connectivity index (χ1v) is 8.85. The highest BCUT2D eigenvalue weighted by Gasteiger charge is 2.36. The number of pyridine rings is 1. The van der Waals surface area contributed by atoms with Gasteiger partial charge in [-0.2, -0.15) is 0 Å². The molecule has 1 N–H and O–H groups in total. The number of imidazole rings is 1. The van der Waals surface area contributed by atoms with Crippen LogP contribution in [0.25, 0.3) is 5.65 Å². The van der Waals surface area contributed by atoms with Crippen LogP contribution in [0.4, 0.5) is 4.79 Å². The molecule has 1 spiro atoms. The molecule has 1 aliphatic heterocycles. The summed E-state index contributed by atoms with van der Waals surface area (Å²) in [5.74, 6) is 0. The van der Waals surface area contributed by atoms with E-state index in [4.69, 9.17) is 0 Å². The second-order valence-electron chi connectivity index (χ2n) is 7.10. The van der Waals surface area contributed by atoms with Crippen molar-refractivity contribution in [1.29, 1.82) is 0 Å². The molecule has 2 aromatic heterocycles. The van der Waals surface area contributed by atoms with Crippen LogP contribution in [0.2, 0.25) is 0 Å². The number of carbonyl (C=O) groups excluding carboxylic acids is 1. The van der Waals surface area contributed by atoms with Crippen LogP contribution in [-0.2, 0) is 6.54 Å². The SMILES string of the molecule is O=C(NCc1cn2ccccc2n1)N1CCCC2(CC=CCC2)C1. The number of nitrogens with one attached hydrogen (secondary N) is 1. The van der Waals surface area contributed by atoms with E-state index in [1.54, 1.807) is 0 Å². The van der Waals surface area contributed by atoms with E-state index in [9.17, 15) is 4.79 Å². The Morgan fingerprint density at radius 2 is 2.25 bits per heavy atom. The zero-order chi connectivity index (χ0) is 16.4. The van der Waals surface area contributed by atoms with Gasteiger partial charge in [0.25, 0.3) is 0 Å². The summed E-state index contributed by atoms with van der Waals surface area (Å²) in [7, 11) is 0. The minimum absolute atomic E-state index is 0.0423. The summed E-state index contributed by atoms with van der Waals surface area (Å²) in [4.78, 5) is 19.1. The van der Waals surface area contributed by atoms with Gasteiger partial charge in [0, 0.05) is 25.5 Å². The maximum Gasteiger partial charge on any atom is 0.317 e. The van der Waals surface area contributed by atoms with Gasteiger partial charge in [0.1, 0.15) is 5.65 Å². The second-order valence-corrected chi connectivity index (χ2v) is 7.10. The molecule has 24 heavy (non-hydrogen) atoms. The molecule has 4 rings (SSSR count). The van der Waals surface area contributed by atoms with E-state index in [2.05, 4.69) is 22.5 Å². The predicted octanol–water partition coefficient (Wildman–Crippen LogP) is 3.37. The Labute approximate surface area is 142 Å². The van der Waals surface area contributed by atoms with Crippen molar-refractivity contribution in [2.45, 2.75) is 38.6 Å². The van der Waals surface area contributed by atoms with Gasteiger partial charge in [-0.25, -0.2) is 9.78 Å². The molecule has 126 valence electrons. The summed E-state index contributed by atoms with van der Waals surface area (Å²) >= 11 is 0. The number of hydrogen-bond acceptors (Lipinski definition) is 2. The lowest BCUT2D eigenvalue weighted by Gasteiger charge is -2.43. The van der Waals surface area contributed by atoms with Crippen molar-refractivity contribution < 1.29 is 4.79 Å². The lowest BCUT2D eigenvalue weighted by molar-refractivity contribution is 0.0958. The van der Waals surface area contributed by atoms with Gasteiger partial charge in [0.05, 0.1) is 12.2 Å². The quantitative estimate of drug-likeness (QED) is 0.861. The number of likely N-dealkylation sites (tertiary alicyclic amines) is 1. The molecule has 1 saturated heterocycles. The van der Waals surface area contributed by atoms with Crippen LogP contribution < -0.4 is 5.32 Å². The zero-order valence-corrected chi connectivity index (χ0v) is 13.9. The maximum atomic E-state index is 12.6. The summed E-state index contributed by atoms with van der Waals surface area (Å²) < 4.78 is 1.98. The van der Waals surface area contributed by atoms with Crippen LogP contribution in [0.3, 0.4) is 0 Å². The van der Waals surface area contributed by atoms with Crippen LogP contribution >= 0.6 is 0 Å². The molecule has 0 radical (unpaired) electrons. The van der Waals surface area contributed by atoms with Gasteiger partial charge in [-0.3, -0.25) is 0 Å². The average Bonchev–Trinajstić information content (AvgIpc) is 3.03. The molecule has 0 aromatic carbocycles. The summed E-state index contributed by atoms with van der Waals surface area (Å²) in [6, 6.07) is 5.95. The Morgan fingerprint density at radius 3 is 3.08 bits per heavy atom. The molecule has 1 fully saturated rings. The van der Waals surface area contributed by atoms with Crippen molar-refractivity contribution in [1.82, 2.24) is 19.6 Å². The summed E-state index contributed by atoms with van der Waals surface area (Å²) in [5.41, 5.74) is 2.11. The summed E-state index contributed by atoms with van der Waals surface area (Å²) in [6.07, 6.45) is 14.3. The van der Waals surface area contributed by atoms with Crippen molar-refractivity contribution in [2.24, 2.45) is 5.41 Å². The van der Waals surface area contributed by atoms with Crippen molar-refractivity contribution in [2.75, 3.05) is 13.1 Å². The van der Waals surface area contributed by atoms with Gasteiger partial charge in [-0.05, 0) is 49.7 Å². The Balaban J connectivity index is 1.38. The Bertz CT molecular complexity index is 733. The fourth-order valence-corrected chi connectivity index (χ4v) is 4.05. The fraction of sp³-hybridized carbons (Fsp3) is 0.474. The largest absolute Gasteiger partial charge is 0.332 e. The van der Waals surface area contributed by atoms with E-state index in [-0.39, 0.29) is 6.03 Å². The maximum absolute atomic E-state index is 12.6. The Hall–Kier alpha value is -2.30. The van der Waals surface area contributed by atoms with Crippen LogP contribution in [-0.4, -0.2) is 33.4 Å². The third-order valence-electron chi connectivity index (χ3n) is 5.34. The first kappa shape index (κ1) is 15.2. The standard InChI is InChI=1S/C19H24N4O/c24-18(20-13-16-14-22-11-5-2-7-17(22)21-16)23-12-6-10-19(15-23)8-3-1-4-9-19/h1-3,5,7,11,14H,4,6,8-10,12-13,15H2,(H,20,24). The zero-order valence-electron chi connectivity index (χ0n) is 13.9. The average molecular weight is 324 g/mol. The molecule has 1 unspecified atom stereocenters. The Morgan fingerprint density at radius 1 is 1.29 bits per heavy atom. The van der Waals surface area contributed by atoms with Crippen molar-refractivity contribution in [3.63, 3.8) is 0 Å². The van der Waals surface area contributed by atoms with Gasteiger partial charge in [0.15, 0.2) is 0 Å². The monoisotopic (exact) mass is 324 g/mol. The Kier molecular flexibility index (Phi) is 4.00. The fourth-order valence-electron chi connectivity index (χ4n) is 4.05. The highest BCUT2D eigenvalue weighted by Crippen LogP contribution is 2.40. The molecule has 2 amide bonds. The number of piperidine rings is 1. The number of carbonyl (C=O) groups is 1. The van der Waals surface area contributed by atoms with Gasteiger partial charge in [-0.1, -0.05) is 18.2 Å². The number of urea groups is 1. The molecule has 5 nitrogen and oxygen atoms in total. The number of fused-ring (bicyclic) bond motifs is 1. The lowest BCUT2D eigenvalue weighted by atomic mass is 9.71. The van der Waals surface area contributed by atoms with Gasteiger partial charge in [-0.15, -0.1) is 0 Å². The number of hydrogen-bond donors (Lipinski definition) is 1. The predicted molar refractivity (Wildman–Crippen MR) is 93.7 cm³/mol. The molecule has 2 aliphatic rings. The third-order valence-corrected chi connectivity index (χ3v) is 5.34. The van der Waals surface area contributed by atoms with E-state index in [0.29, 0.717) is 12.0 Å². The lowest BCUT2D eigenvalue weighted by Crippen LogP contribution is -2.49. The summed E-state index contributed by atoms with van der Waals surface area (Å²) in [5, 5.41) is 3.04. The number of aromatic nitrogens is 2.